The second-order valence-electron chi connectivity index (χ2n) is 4.98. The molecular weight excluding hydrogens is 345 g/mol. The molecule has 0 bridgehead atoms. The molecule has 0 radical (unpaired) electrons. The van der Waals surface area contributed by atoms with Gasteiger partial charge < -0.3 is 11.1 Å². The zero-order valence-corrected chi connectivity index (χ0v) is 13.5. The number of anilines is 3. The number of nitrogens with two attached hydrogens (primary N) is 1. The van der Waals surface area contributed by atoms with Gasteiger partial charge in [-0.15, -0.1) is 0 Å². The number of nitro groups is 1. The predicted molar refractivity (Wildman–Crippen MR) is 93.3 cm³/mol. The highest BCUT2D eigenvalue weighted by Crippen LogP contribution is 2.33. The topological polar surface area (TPSA) is 107 Å². The molecule has 126 valence electrons. The Hall–Kier alpha value is -3.20. The molecule has 3 rings (SSSR count). The molecule has 0 unspecified atom stereocenters. The van der Waals surface area contributed by atoms with Crippen LogP contribution in [0.15, 0.2) is 64.8 Å². The first-order valence-electron chi connectivity index (χ1n) is 7.06. The van der Waals surface area contributed by atoms with Crippen LogP contribution in [0.2, 0.25) is 0 Å². The molecule has 9 heteroatoms. The van der Waals surface area contributed by atoms with Crippen LogP contribution < -0.4 is 11.1 Å². The van der Waals surface area contributed by atoms with Gasteiger partial charge in [0.15, 0.2) is 0 Å². The molecule has 25 heavy (non-hydrogen) atoms. The van der Waals surface area contributed by atoms with E-state index in [1.54, 1.807) is 30.6 Å². The fraction of sp³-hybridized carbons (Fsp3) is 0. The molecule has 0 spiro atoms. The monoisotopic (exact) mass is 357 g/mol. The van der Waals surface area contributed by atoms with Crippen LogP contribution in [0.1, 0.15) is 0 Å². The third kappa shape index (κ3) is 4.21. The number of hydrogen-bond donors (Lipinski definition) is 2. The number of pyridine rings is 2. The summed E-state index contributed by atoms with van der Waals surface area (Å²) in [5.41, 5.74) is 7.01. The highest BCUT2D eigenvalue weighted by Gasteiger charge is 2.11. The number of benzene rings is 1. The number of nitrogens with one attached hydrogen (secondary N) is 1. The summed E-state index contributed by atoms with van der Waals surface area (Å²) in [6.07, 6.45) is 4.67. The van der Waals surface area contributed by atoms with Crippen LogP contribution in [0.4, 0.5) is 27.1 Å². The summed E-state index contributed by atoms with van der Waals surface area (Å²) in [4.78, 5) is 19.6. The van der Waals surface area contributed by atoms with E-state index in [0.29, 0.717) is 11.4 Å². The van der Waals surface area contributed by atoms with Crippen LogP contribution in [0.25, 0.3) is 0 Å². The summed E-state index contributed by atoms with van der Waals surface area (Å²) in [5, 5.41) is 13.9. The number of halogens is 1. The van der Waals surface area contributed by atoms with E-state index in [-0.39, 0.29) is 11.4 Å². The number of rotatable bonds is 5. The molecule has 3 aromatic rings. The van der Waals surface area contributed by atoms with E-state index in [9.17, 15) is 14.5 Å². The van der Waals surface area contributed by atoms with Gasteiger partial charge in [-0.2, -0.15) is 4.39 Å². The van der Waals surface area contributed by atoms with E-state index in [1.807, 2.05) is 6.07 Å². The van der Waals surface area contributed by atoms with Crippen molar-refractivity contribution in [2.75, 3.05) is 11.1 Å². The maximum absolute atomic E-state index is 12.8. The lowest BCUT2D eigenvalue weighted by Crippen LogP contribution is -1.95. The summed E-state index contributed by atoms with van der Waals surface area (Å²) < 4.78 is 12.8. The standard InChI is InChI=1S/C16H12FN5O2S/c17-16-4-1-10(8-20-16)21-11-5-13(9-19-7-11)25-12-2-3-15(22(23)24)14(18)6-12/h1-9,21H,18H2. The van der Waals surface area contributed by atoms with Crippen LogP contribution in [-0.2, 0) is 0 Å². The largest absolute Gasteiger partial charge is 0.393 e. The molecule has 2 heterocycles. The Morgan fingerprint density at radius 1 is 1.08 bits per heavy atom. The van der Waals surface area contributed by atoms with Crippen molar-refractivity contribution in [3.8, 4) is 0 Å². The second-order valence-corrected chi connectivity index (χ2v) is 6.13. The fourth-order valence-corrected chi connectivity index (χ4v) is 2.95. The first-order chi connectivity index (χ1) is 12.0. The Bertz CT molecular complexity index is 921. The summed E-state index contributed by atoms with van der Waals surface area (Å²) in [6, 6.07) is 9.22. The molecule has 0 saturated carbocycles. The van der Waals surface area contributed by atoms with E-state index in [1.165, 1.54) is 30.1 Å². The van der Waals surface area contributed by atoms with Gasteiger partial charge in [-0.3, -0.25) is 15.1 Å². The van der Waals surface area contributed by atoms with Crippen molar-refractivity contribution < 1.29 is 9.31 Å². The van der Waals surface area contributed by atoms with Gasteiger partial charge in [-0.1, -0.05) is 11.8 Å². The highest BCUT2D eigenvalue weighted by atomic mass is 32.2. The van der Waals surface area contributed by atoms with Gasteiger partial charge in [-0.05, 0) is 30.3 Å². The number of nitrogens with zero attached hydrogens (tertiary/aromatic N) is 3. The van der Waals surface area contributed by atoms with Crippen molar-refractivity contribution in [3.63, 3.8) is 0 Å². The normalized spacial score (nSPS) is 10.4. The number of nitro benzene ring substituents is 1. The van der Waals surface area contributed by atoms with E-state index in [2.05, 4.69) is 15.3 Å². The minimum atomic E-state index is -0.552. The van der Waals surface area contributed by atoms with Crippen molar-refractivity contribution in [2.45, 2.75) is 9.79 Å². The van der Waals surface area contributed by atoms with E-state index >= 15 is 0 Å². The van der Waals surface area contributed by atoms with Crippen LogP contribution in [-0.4, -0.2) is 14.9 Å². The fourth-order valence-electron chi connectivity index (χ4n) is 2.06. The molecule has 3 N–H and O–H groups in total. The molecule has 1 aromatic carbocycles. The smallest absolute Gasteiger partial charge is 0.292 e. The minimum Gasteiger partial charge on any atom is -0.393 e. The van der Waals surface area contributed by atoms with Crippen molar-refractivity contribution in [3.05, 3.63) is 71.1 Å². The zero-order valence-electron chi connectivity index (χ0n) is 12.7. The average Bonchev–Trinajstić information content (AvgIpc) is 2.57. The molecule has 0 aliphatic rings. The number of aromatic nitrogens is 2. The number of nitrogen functional groups attached to an aromatic ring is 1. The van der Waals surface area contributed by atoms with Crippen molar-refractivity contribution in [2.24, 2.45) is 0 Å². The maximum atomic E-state index is 12.8. The molecule has 7 nitrogen and oxygen atoms in total. The first kappa shape index (κ1) is 16.7. The maximum Gasteiger partial charge on any atom is 0.292 e. The lowest BCUT2D eigenvalue weighted by atomic mass is 10.3. The van der Waals surface area contributed by atoms with Crippen molar-refractivity contribution in [1.82, 2.24) is 9.97 Å². The minimum absolute atomic E-state index is 0.106. The van der Waals surface area contributed by atoms with Gasteiger partial charge in [0.25, 0.3) is 5.69 Å². The van der Waals surface area contributed by atoms with Gasteiger partial charge in [0.1, 0.15) is 5.69 Å². The molecule has 2 aromatic heterocycles. The first-order valence-corrected chi connectivity index (χ1v) is 7.88. The molecule has 0 aliphatic heterocycles. The van der Waals surface area contributed by atoms with Gasteiger partial charge in [0, 0.05) is 22.1 Å². The van der Waals surface area contributed by atoms with Crippen molar-refractivity contribution in [1.29, 1.82) is 0 Å². The summed E-state index contributed by atoms with van der Waals surface area (Å²) in [7, 11) is 0. The Balaban J connectivity index is 1.76. The van der Waals surface area contributed by atoms with Gasteiger partial charge in [0.2, 0.25) is 5.95 Å². The van der Waals surface area contributed by atoms with E-state index in [0.717, 1.165) is 9.79 Å². The Labute approximate surface area is 146 Å². The van der Waals surface area contributed by atoms with Gasteiger partial charge in [0.05, 0.1) is 28.7 Å². The third-order valence-corrected chi connectivity index (χ3v) is 4.11. The van der Waals surface area contributed by atoms with Crippen LogP contribution in [0.3, 0.4) is 0 Å². The highest BCUT2D eigenvalue weighted by molar-refractivity contribution is 7.99. The van der Waals surface area contributed by atoms with E-state index < -0.39 is 10.9 Å². The predicted octanol–water partition coefficient (Wildman–Crippen LogP) is 4.00. The summed E-state index contributed by atoms with van der Waals surface area (Å²) in [5.74, 6) is -0.552. The van der Waals surface area contributed by atoms with Crippen LogP contribution >= 0.6 is 11.8 Å². The summed E-state index contributed by atoms with van der Waals surface area (Å²) >= 11 is 1.37. The third-order valence-electron chi connectivity index (χ3n) is 3.16. The lowest BCUT2D eigenvalue weighted by Gasteiger charge is -2.08. The Kier molecular flexibility index (Phi) is 4.75. The SMILES string of the molecule is Nc1cc(Sc2cncc(Nc3ccc(F)nc3)c2)ccc1[N+](=O)[O-]. The number of hydrogen-bond acceptors (Lipinski definition) is 7. The molecule has 0 fully saturated rings. The van der Waals surface area contributed by atoms with Gasteiger partial charge in [-0.25, -0.2) is 4.98 Å². The van der Waals surface area contributed by atoms with Gasteiger partial charge >= 0.3 is 0 Å². The Morgan fingerprint density at radius 2 is 1.92 bits per heavy atom. The molecule has 0 aliphatic carbocycles. The van der Waals surface area contributed by atoms with Crippen LogP contribution in [0.5, 0.6) is 0 Å². The average molecular weight is 357 g/mol. The molecular formula is C16H12FN5O2S. The second kappa shape index (κ2) is 7.14. The molecule has 0 atom stereocenters. The summed E-state index contributed by atoms with van der Waals surface area (Å²) in [6.45, 7) is 0. The van der Waals surface area contributed by atoms with E-state index in [4.69, 9.17) is 5.73 Å². The van der Waals surface area contributed by atoms with Crippen molar-refractivity contribution >= 4 is 34.5 Å². The quantitative estimate of drug-likeness (QED) is 0.307. The Morgan fingerprint density at radius 3 is 2.60 bits per heavy atom. The van der Waals surface area contributed by atoms with Crippen LogP contribution in [0, 0.1) is 16.1 Å². The molecule has 0 amide bonds. The zero-order chi connectivity index (χ0) is 17.8. The lowest BCUT2D eigenvalue weighted by molar-refractivity contribution is -0.383. The molecule has 0 saturated heterocycles.